The maximum Gasteiger partial charge on any atom is -0.0355 e. The van der Waals surface area contributed by atoms with Gasteiger partial charge in [0, 0.05) is 0 Å². The summed E-state index contributed by atoms with van der Waals surface area (Å²) in [5.41, 5.74) is 0. The largest absolute Gasteiger partial charge is 0.0651 e. The number of hydrogen-bond donors (Lipinski definition) is 0. The van der Waals surface area contributed by atoms with E-state index in [1.807, 2.05) is 0 Å². The summed E-state index contributed by atoms with van der Waals surface area (Å²) in [5, 5.41) is 0. The van der Waals surface area contributed by atoms with E-state index in [0.717, 1.165) is 29.6 Å². The van der Waals surface area contributed by atoms with Gasteiger partial charge in [-0.3, -0.25) is 0 Å². The van der Waals surface area contributed by atoms with E-state index in [1.54, 1.807) is 0 Å². The summed E-state index contributed by atoms with van der Waals surface area (Å²) in [6.45, 7) is 12.1. The monoisotopic (exact) mass is 224 g/mol. The van der Waals surface area contributed by atoms with Crippen LogP contribution < -0.4 is 0 Å². The van der Waals surface area contributed by atoms with Crippen molar-refractivity contribution in [3.8, 4) is 0 Å². The number of hydrogen-bond acceptors (Lipinski definition) is 0. The topological polar surface area (TPSA) is 0 Å². The normalized spacial score (nSPS) is 34.7. The molecule has 5 unspecified atom stereocenters. The van der Waals surface area contributed by atoms with Crippen LogP contribution >= 0.6 is 0 Å². The minimum absolute atomic E-state index is 0.924. The summed E-state index contributed by atoms with van der Waals surface area (Å²) in [6, 6.07) is 0. The fraction of sp³-hybridized carbons (Fsp3) is 1.00. The Morgan fingerprint density at radius 3 is 2.25 bits per heavy atom. The van der Waals surface area contributed by atoms with Crippen molar-refractivity contribution in [2.24, 2.45) is 29.6 Å². The predicted octanol–water partition coefficient (Wildman–Crippen LogP) is 5.52. The Bertz CT molecular complexity index is 184. The van der Waals surface area contributed by atoms with E-state index in [2.05, 4.69) is 34.6 Å². The molecule has 0 aromatic rings. The minimum atomic E-state index is 0.924. The van der Waals surface area contributed by atoms with E-state index >= 15 is 0 Å². The summed E-state index contributed by atoms with van der Waals surface area (Å²) in [6.07, 6.45) is 8.62. The van der Waals surface area contributed by atoms with Gasteiger partial charge in [0.2, 0.25) is 0 Å². The molecule has 96 valence electrons. The van der Waals surface area contributed by atoms with E-state index in [-0.39, 0.29) is 0 Å². The number of rotatable bonds is 5. The minimum Gasteiger partial charge on any atom is -0.0651 e. The van der Waals surface area contributed by atoms with Crippen LogP contribution in [0, 0.1) is 29.6 Å². The molecule has 1 saturated carbocycles. The Labute approximate surface area is 103 Å². The van der Waals surface area contributed by atoms with Gasteiger partial charge in [-0.15, -0.1) is 0 Å². The van der Waals surface area contributed by atoms with E-state index in [4.69, 9.17) is 0 Å². The van der Waals surface area contributed by atoms with Gasteiger partial charge in [-0.05, 0) is 36.0 Å². The summed E-state index contributed by atoms with van der Waals surface area (Å²) >= 11 is 0. The molecule has 1 aliphatic rings. The standard InChI is InChI=1S/C16H32/c1-6-12(4)15(8-3)16-11-9-10-14(7-2)13(16)5/h12-16H,6-11H2,1-5H3. The molecule has 0 heteroatoms. The molecular formula is C16H32. The highest BCUT2D eigenvalue weighted by Crippen LogP contribution is 2.44. The SMILES string of the molecule is CCC(C)C(CC)C1CCCC(CC)C1C. The van der Waals surface area contributed by atoms with Gasteiger partial charge in [-0.25, -0.2) is 0 Å². The first-order valence-electron chi connectivity index (χ1n) is 7.65. The molecule has 0 heterocycles. The highest BCUT2D eigenvalue weighted by molar-refractivity contribution is 4.84. The average molecular weight is 224 g/mol. The summed E-state index contributed by atoms with van der Waals surface area (Å²) in [5.74, 6) is 4.90. The van der Waals surface area contributed by atoms with Gasteiger partial charge in [0.05, 0.1) is 0 Å². The molecule has 0 amide bonds. The van der Waals surface area contributed by atoms with Crippen LogP contribution in [0.2, 0.25) is 0 Å². The highest BCUT2D eigenvalue weighted by atomic mass is 14.4. The molecule has 1 aliphatic carbocycles. The average Bonchev–Trinajstić information content (AvgIpc) is 2.31. The van der Waals surface area contributed by atoms with Gasteiger partial charge in [-0.1, -0.05) is 66.7 Å². The van der Waals surface area contributed by atoms with Crippen molar-refractivity contribution in [1.82, 2.24) is 0 Å². The second-order valence-electron chi connectivity index (χ2n) is 6.08. The summed E-state index contributed by atoms with van der Waals surface area (Å²) in [7, 11) is 0. The van der Waals surface area contributed by atoms with Crippen LogP contribution in [0.5, 0.6) is 0 Å². The lowest BCUT2D eigenvalue weighted by atomic mass is 9.64. The maximum absolute atomic E-state index is 2.53. The molecule has 0 radical (unpaired) electrons. The maximum atomic E-state index is 2.53. The van der Waals surface area contributed by atoms with Crippen molar-refractivity contribution in [3.05, 3.63) is 0 Å². The molecule has 0 aromatic heterocycles. The molecule has 5 atom stereocenters. The molecule has 1 rings (SSSR count). The Kier molecular flexibility index (Phi) is 5.86. The Balaban J connectivity index is 2.68. The third kappa shape index (κ3) is 3.02. The first-order chi connectivity index (χ1) is 7.65. The molecule has 0 bridgehead atoms. The smallest absolute Gasteiger partial charge is 0.0355 e. The molecular weight excluding hydrogens is 192 g/mol. The van der Waals surface area contributed by atoms with Gasteiger partial charge >= 0.3 is 0 Å². The first-order valence-corrected chi connectivity index (χ1v) is 7.65. The van der Waals surface area contributed by atoms with Gasteiger partial charge in [-0.2, -0.15) is 0 Å². The van der Waals surface area contributed by atoms with Crippen LogP contribution in [0.4, 0.5) is 0 Å². The Morgan fingerprint density at radius 2 is 1.75 bits per heavy atom. The second kappa shape index (κ2) is 6.67. The lowest BCUT2D eigenvalue weighted by molar-refractivity contribution is 0.0787. The molecule has 0 spiro atoms. The summed E-state index contributed by atoms with van der Waals surface area (Å²) < 4.78 is 0. The lowest BCUT2D eigenvalue weighted by Crippen LogP contribution is -2.33. The van der Waals surface area contributed by atoms with Crippen molar-refractivity contribution in [1.29, 1.82) is 0 Å². The van der Waals surface area contributed by atoms with E-state index in [1.165, 1.54) is 38.5 Å². The van der Waals surface area contributed by atoms with Crippen LogP contribution in [-0.2, 0) is 0 Å². The quantitative estimate of drug-likeness (QED) is 0.576. The van der Waals surface area contributed by atoms with Crippen LogP contribution in [0.1, 0.15) is 73.1 Å². The Hall–Kier alpha value is 0. The highest BCUT2D eigenvalue weighted by Gasteiger charge is 2.34. The zero-order chi connectivity index (χ0) is 12.1. The van der Waals surface area contributed by atoms with Gasteiger partial charge in [0.15, 0.2) is 0 Å². The molecule has 16 heavy (non-hydrogen) atoms. The van der Waals surface area contributed by atoms with E-state index < -0.39 is 0 Å². The second-order valence-corrected chi connectivity index (χ2v) is 6.08. The van der Waals surface area contributed by atoms with E-state index in [9.17, 15) is 0 Å². The molecule has 0 saturated heterocycles. The van der Waals surface area contributed by atoms with Crippen molar-refractivity contribution in [2.45, 2.75) is 73.1 Å². The fourth-order valence-corrected chi connectivity index (χ4v) is 4.10. The predicted molar refractivity (Wildman–Crippen MR) is 73.5 cm³/mol. The van der Waals surface area contributed by atoms with Crippen molar-refractivity contribution < 1.29 is 0 Å². The van der Waals surface area contributed by atoms with E-state index in [0.29, 0.717) is 0 Å². The third-order valence-electron chi connectivity index (χ3n) is 5.45. The van der Waals surface area contributed by atoms with Crippen LogP contribution in [0.3, 0.4) is 0 Å². The summed E-state index contributed by atoms with van der Waals surface area (Å²) in [4.78, 5) is 0. The molecule has 0 aliphatic heterocycles. The molecule has 0 nitrogen and oxygen atoms in total. The van der Waals surface area contributed by atoms with Gasteiger partial charge in [0.1, 0.15) is 0 Å². The van der Waals surface area contributed by atoms with Crippen molar-refractivity contribution >= 4 is 0 Å². The van der Waals surface area contributed by atoms with Crippen molar-refractivity contribution in [2.75, 3.05) is 0 Å². The van der Waals surface area contributed by atoms with Crippen LogP contribution in [0.15, 0.2) is 0 Å². The molecule has 0 aromatic carbocycles. The zero-order valence-electron chi connectivity index (χ0n) is 12.1. The lowest BCUT2D eigenvalue weighted by Gasteiger charge is -2.42. The first kappa shape index (κ1) is 14.1. The van der Waals surface area contributed by atoms with Crippen molar-refractivity contribution in [3.63, 3.8) is 0 Å². The Morgan fingerprint density at radius 1 is 1.06 bits per heavy atom. The molecule has 0 N–H and O–H groups in total. The van der Waals surface area contributed by atoms with Crippen LogP contribution in [0.25, 0.3) is 0 Å². The fourth-order valence-electron chi connectivity index (χ4n) is 4.10. The zero-order valence-corrected chi connectivity index (χ0v) is 12.1. The van der Waals surface area contributed by atoms with Gasteiger partial charge < -0.3 is 0 Å². The van der Waals surface area contributed by atoms with Gasteiger partial charge in [0.25, 0.3) is 0 Å². The van der Waals surface area contributed by atoms with Crippen LogP contribution in [-0.4, -0.2) is 0 Å². The molecule has 1 fully saturated rings. The third-order valence-corrected chi connectivity index (χ3v) is 5.45.